The summed E-state index contributed by atoms with van der Waals surface area (Å²) in [5.41, 5.74) is 10.5. The smallest absolute Gasteiger partial charge is 0.388 e. The number of anilines is 2. The maximum atomic E-state index is 14.1. The van der Waals surface area contributed by atoms with Crippen LogP contribution in [0, 0.1) is 5.41 Å². The Morgan fingerprint density at radius 2 is 1.81 bits per heavy atom. The van der Waals surface area contributed by atoms with Crippen LogP contribution in [-0.2, 0) is 36.5 Å². The first kappa shape index (κ1) is 33.5. The van der Waals surface area contributed by atoms with Crippen molar-refractivity contribution in [3.05, 3.63) is 29.3 Å². The first-order valence-electron chi connectivity index (χ1n) is 14.4. The van der Waals surface area contributed by atoms with Crippen LogP contribution in [0.3, 0.4) is 0 Å². The van der Waals surface area contributed by atoms with Gasteiger partial charge in [-0.1, -0.05) is 6.92 Å². The highest BCUT2D eigenvalue weighted by molar-refractivity contribution is 8.54. The first-order valence-corrected chi connectivity index (χ1v) is 19.3. The number of nitrogens with zero attached hydrogens (tertiary/aromatic N) is 7. The summed E-state index contributed by atoms with van der Waals surface area (Å²) in [6, 6.07) is -0.753. The molecule has 0 radical (unpaired) electrons. The molecule has 0 unspecified atom stereocenters. The Labute approximate surface area is 274 Å². The predicted molar refractivity (Wildman–Crippen MR) is 167 cm³/mol. The van der Waals surface area contributed by atoms with E-state index in [1.165, 1.54) is 29.8 Å². The number of aliphatic hydroxyl groups excluding tert-OH is 2. The Hall–Kier alpha value is -3.01. The summed E-state index contributed by atoms with van der Waals surface area (Å²) < 4.78 is 66.0. The van der Waals surface area contributed by atoms with Crippen molar-refractivity contribution in [3.63, 3.8) is 0 Å². The normalized spacial score (nSPS) is 37.6. The highest BCUT2D eigenvalue weighted by atomic mass is 32.7. The molecule has 6 heterocycles. The number of phosphoric ester groups is 1. The van der Waals surface area contributed by atoms with Gasteiger partial charge in [-0.3, -0.25) is 37.0 Å². The summed E-state index contributed by atoms with van der Waals surface area (Å²) in [7, 11) is -3.44. The van der Waals surface area contributed by atoms with Crippen LogP contribution < -0.4 is 17.0 Å². The summed E-state index contributed by atoms with van der Waals surface area (Å²) in [5, 5.41) is 23.1. The van der Waals surface area contributed by atoms with Crippen molar-refractivity contribution >= 4 is 60.1 Å². The third-order valence-corrected chi connectivity index (χ3v) is 13.4. The minimum atomic E-state index is -4.53. The molecule has 4 aromatic rings. The fraction of sp³-hybridized carbons (Fsp3) is 0.583. The highest BCUT2D eigenvalue weighted by Gasteiger charge is 2.57. The number of ether oxygens (including phenoxy) is 1. The van der Waals surface area contributed by atoms with E-state index in [0.717, 1.165) is 18.5 Å². The van der Waals surface area contributed by atoms with Gasteiger partial charge >= 0.3 is 14.6 Å². The Balaban J connectivity index is 1.26. The van der Waals surface area contributed by atoms with Gasteiger partial charge in [0.1, 0.15) is 42.4 Å². The van der Waals surface area contributed by atoms with Crippen molar-refractivity contribution in [2.24, 2.45) is 5.41 Å². The molecule has 3 fully saturated rings. The van der Waals surface area contributed by atoms with Crippen molar-refractivity contribution in [1.29, 1.82) is 0 Å². The summed E-state index contributed by atoms with van der Waals surface area (Å²) in [6.45, 7) is -3.32. The van der Waals surface area contributed by atoms with E-state index in [9.17, 15) is 24.1 Å². The van der Waals surface area contributed by atoms with Gasteiger partial charge in [0.2, 0.25) is 5.95 Å². The van der Waals surface area contributed by atoms with E-state index in [4.69, 9.17) is 38.8 Å². The van der Waals surface area contributed by atoms with Crippen LogP contribution in [0.4, 0.5) is 11.8 Å². The van der Waals surface area contributed by atoms with Crippen molar-refractivity contribution < 1.29 is 46.7 Å². The van der Waals surface area contributed by atoms with E-state index >= 15 is 0 Å². The van der Waals surface area contributed by atoms with Gasteiger partial charge in [0.15, 0.2) is 28.9 Å². The van der Waals surface area contributed by atoms with Crippen molar-refractivity contribution in [3.8, 4) is 0 Å². The number of nitrogens with two attached hydrogens (primary N) is 2. The topological polar surface area (TPSA) is 289 Å². The van der Waals surface area contributed by atoms with Gasteiger partial charge in [-0.15, -0.1) is 0 Å². The van der Waals surface area contributed by atoms with Gasteiger partial charge in [0, 0.05) is 12.5 Å². The van der Waals surface area contributed by atoms with E-state index in [2.05, 4.69) is 29.9 Å². The molecular formula is C24H32N10O11P2S. The fourth-order valence-electron chi connectivity index (χ4n) is 6.29. The molecule has 7 N–H and O–H groups in total. The molecule has 0 aromatic carbocycles. The zero-order chi connectivity index (χ0) is 34.2. The second kappa shape index (κ2) is 12.1. The quantitative estimate of drug-likeness (QED) is 0.181. The highest BCUT2D eigenvalue weighted by Crippen LogP contribution is 2.65. The third kappa shape index (κ3) is 5.54. The number of imidazole rings is 2. The SMILES string of the molecule is CO[P@]1(=O)OC[C@@]2(C)C[C@@H](n3cnc4c(N)ncnc43)[C@H](O)[C@@H]2O[P@](=O)(SC)OC[C@H]2O[C@@H](n3cnc4c(=O)[nH]c(N)nc43)[C@H](O1)[C@@H]2O. The maximum absolute atomic E-state index is 14.1. The van der Waals surface area contributed by atoms with Crippen LogP contribution in [0.25, 0.3) is 22.3 Å². The van der Waals surface area contributed by atoms with Crippen LogP contribution in [0.15, 0.2) is 23.8 Å². The molecule has 48 heavy (non-hydrogen) atoms. The van der Waals surface area contributed by atoms with Crippen molar-refractivity contribution in [2.75, 3.05) is 38.0 Å². The number of hydrogen-bond acceptors (Lipinski definition) is 19. The van der Waals surface area contributed by atoms with Crippen LogP contribution in [-0.4, -0.2) is 106 Å². The molecule has 1 saturated carbocycles. The number of aromatic amines is 1. The lowest BCUT2D eigenvalue weighted by atomic mass is 9.87. The van der Waals surface area contributed by atoms with Crippen LogP contribution in [0.5, 0.6) is 0 Å². The number of H-pyrrole nitrogens is 1. The average molecular weight is 731 g/mol. The Kier molecular flexibility index (Phi) is 8.44. The van der Waals surface area contributed by atoms with Gasteiger partial charge in [0.25, 0.3) is 5.56 Å². The first-order chi connectivity index (χ1) is 22.8. The van der Waals surface area contributed by atoms with Gasteiger partial charge in [-0.2, -0.15) is 4.98 Å². The van der Waals surface area contributed by atoms with E-state index in [1.807, 2.05) is 0 Å². The zero-order valence-corrected chi connectivity index (χ0v) is 28.2. The van der Waals surface area contributed by atoms with E-state index in [0.29, 0.717) is 11.2 Å². The Bertz CT molecular complexity index is 2030. The molecule has 0 spiro atoms. The third-order valence-electron chi connectivity index (χ3n) is 8.74. The lowest BCUT2D eigenvalue weighted by molar-refractivity contribution is -0.0641. The molecule has 2 aliphatic heterocycles. The summed E-state index contributed by atoms with van der Waals surface area (Å²) in [6.07, 6.45) is -2.61. The standard InChI is InChI=1S/C24H32N10O11P2S/c1-24-4-10(33-8-29-12-18(25)27-7-28-19(12)33)14(35)17(24)45-47(39,48-3)41-5-11-15(36)16(44-46(38,40-2)42-6-24)22(43-11)34-9-30-13-20(34)31-23(26)32-21(13)37/h7-11,14-17,22,35-36H,4-6H2,1-3H3,(H2,25,27,28)(H3,26,31,32,37)/t10-,11-,14+,15-,16-,17+,22-,24-,46-,47-/m1/s1. The van der Waals surface area contributed by atoms with Gasteiger partial charge in [-0.05, 0) is 24.1 Å². The number of hydrogen-bond donors (Lipinski definition) is 5. The number of phosphoric acid groups is 1. The molecule has 260 valence electrons. The molecule has 21 nitrogen and oxygen atoms in total. The average Bonchev–Trinajstić information content (AvgIpc) is 3.81. The fourth-order valence-corrected chi connectivity index (χ4v) is 9.80. The van der Waals surface area contributed by atoms with Crippen LogP contribution >= 0.6 is 26.0 Å². The number of aliphatic hydroxyl groups is 2. The monoisotopic (exact) mass is 730 g/mol. The molecule has 2 bridgehead atoms. The summed E-state index contributed by atoms with van der Waals surface area (Å²) in [5.74, 6) is -0.0687. The van der Waals surface area contributed by atoms with Crippen molar-refractivity contribution in [1.82, 2.24) is 39.0 Å². The zero-order valence-electron chi connectivity index (χ0n) is 25.6. The van der Waals surface area contributed by atoms with E-state index < -0.39 is 81.6 Å². The summed E-state index contributed by atoms with van der Waals surface area (Å²) >= 11 is 0.770. The molecular weight excluding hydrogens is 698 g/mol. The Morgan fingerprint density at radius 1 is 1.06 bits per heavy atom. The molecule has 24 heteroatoms. The molecule has 0 amide bonds. The van der Waals surface area contributed by atoms with Gasteiger partial charge in [0.05, 0.1) is 31.9 Å². The minimum absolute atomic E-state index is 0.0172. The number of rotatable bonds is 4. The molecule has 2 saturated heterocycles. The summed E-state index contributed by atoms with van der Waals surface area (Å²) in [4.78, 5) is 35.5. The molecule has 7 rings (SSSR count). The van der Waals surface area contributed by atoms with E-state index in [1.54, 1.807) is 11.5 Å². The second-order valence-electron chi connectivity index (χ2n) is 11.8. The van der Waals surface area contributed by atoms with Gasteiger partial charge in [-0.25, -0.2) is 29.1 Å². The number of nitrogen functional groups attached to an aromatic ring is 2. The number of aromatic nitrogens is 8. The number of fused-ring (bicyclic) bond motifs is 5. The predicted octanol–water partition coefficient (Wildman–Crippen LogP) is 0.737. The van der Waals surface area contributed by atoms with Gasteiger partial charge < -0.3 is 31.0 Å². The number of nitrogens with one attached hydrogen (secondary N) is 1. The molecule has 3 aliphatic rings. The largest absolute Gasteiger partial charge is 0.475 e. The van der Waals surface area contributed by atoms with Crippen LogP contribution in [0.2, 0.25) is 0 Å². The lowest BCUT2D eigenvalue weighted by Crippen LogP contribution is -2.39. The minimum Gasteiger partial charge on any atom is -0.388 e. The molecule has 10 atom stereocenters. The van der Waals surface area contributed by atoms with E-state index in [-0.39, 0.29) is 29.4 Å². The second-order valence-corrected chi connectivity index (χ2v) is 17.6. The van der Waals surface area contributed by atoms with Crippen LogP contribution in [0.1, 0.15) is 25.6 Å². The molecule has 1 aliphatic carbocycles. The van der Waals surface area contributed by atoms with Crippen molar-refractivity contribution in [2.45, 2.75) is 56.1 Å². The lowest BCUT2D eigenvalue weighted by Gasteiger charge is -2.34. The Morgan fingerprint density at radius 3 is 2.56 bits per heavy atom. The molecule has 4 aromatic heterocycles. The maximum Gasteiger partial charge on any atom is 0.475 e.